The van der Waals surface area contributed by atoms with E-state index in [1.165, 1.54) is 0 Å². The van der Waals surface area contributed by atoms with Crippen molar-refractivity contribution in [3.05, 3.63) is 82.4 Å². The van der Waals surface area contributed by atoms with Gasteiger partial charge in [-0.2, -0.15) is 0 Å². The summed E-state index contributed by atoms with van der Waals surface area (Å²) < 4.78 is 23.6. The normalized spacial score (nSPS) is 10.7. The fraction of sp³-hybridized carbons (Fsp3) is 0. The van der Waals surface area contributed by atoms with E-state index in [2.05, 4.69) is 0 Å². The molecule has 0 aliphatic heterocycles. The van der Waals surface area contributed by atoms with Gasteiger partial charge in [0.05, 0.1) is 3.57 Å². The van der Waals surface area contributed by atoms with Crippen molar-refractivity contribution in [2.45, 2.75) is 0 Å². The topological polar surface area (TPSA) is 34.1 Å². The van der Waals surface area contributed by atoms with Crippen LogP contribution in [-0.4, -0.2) is 0 Å². The SMILES string of the molecule is O=I(=O)c1ccc(-c2ccccc2)cc1-c1ccccc1. The number of benzene rings is 3. The van der Waals surface area contributed by atoms with Gasteiger partial charge in [-0.1, -0.05) is 66.7 Å². The molecule has 0 unspecified atom stereocenters. The molecule has 0 saturated heterocycles. The van der Waals surface area contributed by atoms with E-state index in [9.17, 15) is 6.14 Å². The highest BCUT2D eigenvalue weighted by atomic mass is 127. The van der Waals surface area contributed by atoms with Gasteiger partial charge in [0.15, 0.2) is 0 Å². The Morgan fingerprint density at radius 2 is 1.14 bits per heavy atom. The molecule has 3 aromatic carbocycles. The maximum atomic E-state index is 11.6. The van der Waals surface area contributed by atoms with Crippen molar-refractivity contribution in [2.24, 2.45) is 0 Å². The minimum absolute atomic E-state index is 0.449. The summed E-state index contributed by atoms with van der Waals surface area (Å²) >= 11 is -3.53. The summed E-state index contributed by atoms with van der Waals surface area (Å²) in [4.78, 5) is 0. The molecule has 0 saturated carbocycles. The summed E-state index contributed by atoms with van der Waals surface area (Å²) in [6.45, 7) is 0. The first-order valence-electron chi connectivity index (χ1n) is 6.56. The predicted molar refractivity (Wildman–Crippen MR) is 91.4 cm³/mol. The smallest absolute Gasteiger partial charge is 0.230 e. The van der Waals surface area contributed by atoms with Gasteiger partial charge in [0.2, 0.25) is 0 Å². The van der Waals surface area contributed by atoms with Crippen LogP contribution in [-0.2, 0) is 6.14 Å². The predicted octanol–water partition coefficient (Wildman–Crippen LogP) is 5.39. The second-order valence-corrected chi connectivity index (χ2v) is 7.05. The van der Waals surface area contributed by atoms with Crippen LogP contribution >= 0.6 is 19.8 Å². The molecule has 104 valence electrons. The third-order valence-electron chi connectivity index (χ3n) is 3.32. The van der Waals surface area contributed by atoms with Crippen molar-refractivity contribution in [1.82, 2.24) is 0 Å². The highest BCUT2D eigenvalue weighted by Gasteiger charge is 2.11. The molecule has 0 heterocycles. The Morgan fingerprint density at radius 3 is 1.71 bits per heavy atom. The second kappa shape index (κ2) is 6.18. The molecule has 0 aliphatic carbocycles. The minimum Gasteiger partial charge on any atom is -0.230 e. The van der Waals surface area contributed by atoms with Crippen LogP contribution in [0.25, 0.3) is 22.3 Å². The van der Waals surface area contributed by atoms with E-state index < -0.39 is 19.8 Å². The summed E-state index contributed by atoms with van der Waals surface area (Å²) in [6, 6.07) is 25.2. The molecule has 0 radical (unpaired) electrons. The maximum Gasteiger partial charge on any atom is 0.341 e. The van der Waals surface area contributed by atoms with Crippen molar-refractivity contribution in [3.8, 4) is 22.3 Å². The van der Waals surface area contributed by atoms with Crippen LogP contribution in [0.5, 0.6) is 0 Å². The van der Waals surface area contributed by atoms with E-state index in [0.717, 1.165) is 22.3 Å². The standard InChI is InChI=1S/C18H13IO2/c20-19(21)18-12-11-16(14-7-3-1-4-8-14)13-17(18)15-9-5-2-6-10-15/h1-13H. The molecule has 0 aliphatic rings. The van der Waals surface area contributed by atoms with Crippen LogP contribution in [0, 0.1) is 3.57 Å². The fourth-order valence-electron chi connectivity index (χ4n) is 2.31. The van der Waals surface area contributed by atoms with Crippen LogP contribution < -0.4 is 0 Å². The van der Waals surface area contributed by atoms with Crippen LogP contribution in [0.1, 0.15) is 0 Å². The molecule has 0 bridgehead atoms. The zero-order valence-electron chi connectivity index (χ0n) is 11.2. The van der Waals surface area contributed by atoms with Crippen LogP contribution in [0.15, 0.2) is 78.9 Å². The lowest BCUT2D eigenvalue weighted by atomic mass is 9.99. The van der Waals surface area contributed by atoms with E-state index in [0.29, 0.717) is 3.57 Å². The van der Waals surface area contributed by atoms with Crippen molar-refractivity contribution in [1.29, 1.82) is 0 Å². The van der Waals surface area contributed by atoms with Gasteiger partial charge in [-0.05, 0) is 28.8 Å². The highest BCUT2D eigenvalue weighted by Crippen LogP contribution is 2.34. The molecule has 0 fully saturated rings. The van der Waals surface area contributed by atoms with Crippen LogP contribution in [0.3, 0.4) is 0 Å². The van der Waals surface area contributed by atoms with Crippen molar-refractivity contribution in [2.75, 3.05) is 0 Å². The van der Waals surface area contributed by atoms with Gasteiger partial charge in [-0.3, -0.25) is 0 Å². The van der Waals surface area contributed by atoms with Gasteiger partial charge in [-0.15, -0.1) is 0 Å². The highest BCUT2D eigenvalue weighted by molar-refractivity contribution is 14.2. The number of rotatable bonds is 3. The van der Waals surface area contributed by atoms with E-state index >= 15 is 0 Å². The summed E-state index contributed by atoms with van der Waals surface area (Å²) in [6.07, 6.45) is 0. The summed E-state index contributed by atoms with van der Waals surface area (Å²) in [5, 5.41) is 0. The lowest BCUT2D eigenvalue weighted by Gasteiger charge is -2.08. The number of halogens is 1. The third kappa shape index (κ3) is 3.03. The molecule has 0 amide bonds. The molecular formula is C18H13IO2. The van der Waals surface area contributed by atoms with Gasteiger partial charge in [0.1, 0.15) is 0 Å². The Kier molecular flexibility index (Phi) is 4.10. The summed E-state index contributed by atoms with van der Waals surface area (Å²) in [7, 11) is 0. The Balaban J connectivity index is 2.21. The summed E-state index contributed by atoms with van der Waals surface area (Å²) in [5.74, 6) is 0. The molecular weight excluding hydrogens is 375 g/mol. The first kappa shape index (κ1) is 13.9. The lowest BCUT2D eigenvalue weighted by molar-refractivity contribution is 0.610. The largest absolute Gasteiger partial charge is 0.341 e. The second-order valence-electron chi connectivity index (χ2n) is 4.64. The van der Waals surface area contributed by atoms with E-state index in [1.807, 2.05) is 72.8 Å². The zero-order chi connectivity index (χ0) is 14.7. The molecule has 0 N–H and O–H groups in total. The average Bonchev–Trinajstić information content (AvgIpc) is 2.56. The monoisotopic (exact) mass is 388 g/mol. The average molecular weight is 388 g/mol. The third-order valence-corrected chi connectivity index (χ3v) is 5.21. The zero-order valence-corrected chi connectivity index (χ0v) is 13.4. The Labute approximate surface area is 130 Å². The van der Waals surface area contributed by atoms with Gasteiger partial charge >= 0.3 is 19.8 Å². The molecule has 0 aromatic heterocycles. The van der Waals surface area contributed by atoms with E-state index in [1.54, 1.807) is 6.07 Å². The minimum atomic E-state index is -3.53. The summed E-state index contributed by atoms with van der Waals surface area (Å²) in [5.41, 5.74) is 3.82. The molecule has 0 atom stereocenters. The fourth-order valence-corrected chi connectivity index (χ4v) is 3.72. The van der Waals surface area contributed by atoms with Gasteiger partial charge in [0, 0.05) is 5.56 Å². The number of hydrogen-bond donors (Lipinski definition) is 0. The Hall–Kier alpha value is -2.01. The first-order valence-corrected chi connectivity index (χ1v) is 9.40. The van der Waals surface area contributed by atoms with Gasteiger partial charge in [-0.25, -0.2) is 6.14 Å². The van der Waals surface area contributed by atoms with Crippen molar-refractivity contribution >= 4 is 19.8 Å². The number of hydrogen-bond acceptors (Lipinski definition) is 2. The van der Waals surface area contributed by atoms with Crippen LogP contribution in [0.2, 0.25) is 0 Å². The molecule has 3 aromatic rings. The van der Waals surface area contributed by atoms with Crippen molar-refractivity contribution < 1.29 is 6.14 Å². The molecule has 3 rings (SSSR count). The van der Waals surface area contributed by atoms with Gasteiger partial charge in [0.25, 0.3) is 0 Å². The van der Waals surface area contributed by atoms with Crippen molar-refractivity contribution in [3.63, 3.8) is 0 Å². The van der Waals surface area contributed by atoms with E-state index in [-0.39, 0.29) is 0 Å². The maximum absolute atomic E-state index is 11.6. The molecule has 21 heavy (non-hydrogen) atoms. The molecule has 0 spiro atoms. The van der Waals surface area contributed by atoms with E-state index in [4.69, 9.17) is 0 Å². The lowest BCUT2D eigenvalue weighted by Crippen LogP contribution is -1.86. The Morgan fingerprint density at radius 1 is 0.571 bits per heavy atom. The Bertz CT molecular complexity index is 814. The first-order chi connectivity index (χ1) is 10.3. The molecule has 3 heteroatoms. The quantitative estimate of drug-likeness (QED) is 0.564. The van der Waals surface area contributed by atoms with Gasteiger partial charge < -0.3 is 0 Å². The molecule has 2 nitrogen and oxygen atoms in total. The van der Waals surface area contributed by atoms with Crippen LogP contribution in [0.4, 0.5) is 0 Å².